The number of benzene rings is 2. The van der Waals surface area contributed by atoms with Crippen LogP contribution in [0.1, 0.15) is 25.2 Å². The van der Waals surface area contributed by atoms with Crippen molar-refractivity contribution in [3.8, 4) is 11.4 Å². The average molecular weight is 267 g/mol. The van der Waals surface area contributed by atoms with Crippen LogP contribution < -0.4 is 5.73 Å². The lowest BCUT2D eigenvalue weighted by molar-refractivity contribution is 0.352. The van der Waals surface area contributed by atoms with Gasteiger partial charge in [-0.15, -0.1) is 0 Å². The van der Waals surface area contributed by atoms with E-state index in [2.05, 4.69) is 35.3 Å². The van der Waals surface area contributed by atoms with Gasteiger partial charge in [0.05, 0.1) is 5.92 Å². The van der Waals surface area contributed by atoms with Gasteiger partial charge in [-0.2, -0.15) is 4.98 Å². The molecule has 1 aromatic heterocycles. The fraction of sp³-hybridized carbons (Fsp3) is 0.250. The highest BCUT2D eigenvalue weighted by Gasteiger charge is 2.17. The van der Waals surface area contributed by atoms with Crippen LogP contribution in [0.4, 0.5) is 0 Å². The van der Waals surface area contributed by atoms with E-state index in [9.17, 15) is 0 Å². The molecular weight excluding hydrogens is 250 g/mol. The van der Waals surface area contributed by atoms with Crippen LogP contribution in [0.3, 0.4) is 0 Å². The quantitative estimate of drug-likeness (QED) is 0.787. The Kier molecular flexibility index (Phi) is 3.48. The Balaban J connectivity index is 2.08. The van der Waals surface area contributed by atoms with Crippen molar-refractivity contribution in [1.82, 2.24) is 10.1 Å². The van der Waals surface area contributed by atoms with E-state index in [4.69, 9.17) is 10.3 Å². The Labute approximate surface area is 117 Å². The molecule has 2 N–H and O–H groups in total. The van der Waals surface area contributed by atoms with Crippen molar-refractivity contribution < 1.29 is 4.52 Å². The van der Waals surface area contributed by atoms with Gasteiger partial charge in [-0.25, -0.2) is 0 Å². The van der Waals surface area contributed by atoms with Crippen LogP contribution in [0.25, 0.3) is 22.2 Å². The van der Waals surface area contributed by atoms with Crippen LogP contribution >= 0.6 is 0 Å². The van der Waals surface area contributed by atoms with E-state index < -0.39 is 0 Å². The largest absolute Gasteiger partial charge is 0.339 e. The summed E-state index contributed by atoms with van der Waals surface area (Å²) in [4.78, 5) is 4.51. The van der Waals surface area contributed by atoms with Crippen molar-refractivity contribution in [2.24, 2.45) is 5.73 Å². The van der Waals surface area contributed by atoms with E-state index in [1.807, 2.05) is 24.3 Å². The van der Waals surface area contributed by atoms with Gasteiger partial charge < -0.3 is 10.3 Å². The molecule has 102 valence electrons. The molecule has 0 amide bonds. The Bertz CT molecular complexity index is 711. The third-order valence-electron chi connectivity index (χ3n) is 3.60. The summed E-state index contributed by atoms with van der Waals surface area (Å²) >= 11 is 0. The van der Waals surface area contributed by atoms with Gasteiger partial charge in [0.2, 0.25) is 11.7 Å². The molecule has 0 aliphatic carbocycles. The maximum Gasteiger partial charge on any atom is 0.231 e. The standard InChI is InChI=1S/C16H17N3O/c1-2-11(10-17)16-18-15(19-20-16)14-9-5-7-12-6-3-4-8-13(12)14/h3-9,11H,2,10,17H2,1H3. The lowest BCUT2D eigenvalue weighted by Gasteiger charge is -2.04. The van der Waals surface area contributed by atoms with E-state index in [0.29, 0.717) is 18.3 Å². The number of hydrogen-bond donors (Lipinski definition) is 1. The van der Waals surface area contributed by atoms with E-state index in [-0.39, 0.29) is 5.92 Å². The zero-order valence-electron chi connectivity index (χ0n) is 11.4. The number of nitrogens with zero attached hydrogens (tertiary/aromatic N) is 2. The van der Waals surface area contributed by atoms with E-state index in [0.717, 1.165) is 17.4 Å². The van der Waals surface area contributed by atoms with Gasteiger partial charge in [0.15, 0.2) is 0 Å². The van der Waals surface area contributed by atoms with Gasteiger partial charge in [0.25, 0.3) is 0 Å². The third-order valence-corrected chi connectivity index (χ3v) is 3.60. The van der Waals surface area contributed by atoms with Gasteiger partial charge in [-0.1, -0.05) is 54.5 Å². The summed E-state index contributed by atoms with van der Waals surface area (Å²) in [6, 6.07) is 14.3. The average Bonchev–Trinajstić information content (AvgIpc) is 2.97. The summed E-state index contributed by atoms with van der Waals surface area (Å²) < 4.78 is 5.37. The van der Waals surface area contributed by atoms with E-state index in [1.165, 1.54) is 5.39 Å². The fourth-order valence-corrected chi connectivity index (χ4v) is 2.37. The molecule has 0 radical (unpaired) electrons. The topological polar surface area (TPSA) is 64.9 Å². The Morgan fingerprint density at radius 2 is 1.95 bits per heavy atom. The molecule has 0 aliphatic rings. The van der Waals surface area contributed by atoms with Crippen LogP contribution in [-0.4, -0.2) is 16.7 Å². The molecule has 0 spiro atoms. The maximum atomic E-state index is 5.73. The van der Waals surface area contributed by atoms with Crippen molar-refractivity contribution in [3.63, 3.8) is 0 Å². The lowest BCUT2D eigenvalue weighted by atomic mass is 10.0. The van der Waals surface area contributed by atoms with Crippen molar-refractivity contribution >= 4 is 10.8 Å². The molecule has 1 heterocycles. The first-order valence-electron chi connectivity index (χ1n) is 6.85. The molecule has 3 aromatic rings. The predicted octanol–water partition coefficient (Wildman–Crippen LogP) is 3.34. The first-order chi connectivity index (χ1) is 9.83. The molecule has 1 unspecified atom stereocenters. The minimum Gasteiger partial charge on any atom is -0.339 e. The first kappa shape index (κ1) is 12.8. The second-order valence-corrected chi connectivity index (χ2v) is 4.82. The number of fused-ring (bicyclic) bond motifs is 1. The molecule has 0 fully saturated rings. The normalized spacial score (nSPS) is 12.7. The molecule has 4 heteroatoms. The SMILES string of the molecule is CCC(CN)c1nc(-c2cccc3ccccc23)no1. The number of hydrogen-bond acceptors (Lipinski definition) is 4. The first-order valence-corrected chi connectivity index (χ1v) is 6.85. The molecule has 20 heavy (non-hydrogen) atoms. The minimum atomic E-state index is 0.131. The van der Waals surface area contributed by atoms with Crippen LogP contribution in [0.2, 0.25) is 0 Å². The second kappa shape index (κ2) is 5.43. The predicted molar refractivity (Wildman–Crippen MR) is 79.3 cm³/mol. The molecule has 0 saturated heterocycles. The Morgan fingerprint density at radius 3 is 2.75 bits per heavy atom. The molecule has 3 rings (SSSR count). The zero-order valence-corrected chi connectivity index (χ0v) is 11.4. The molecule has 1 atom stereocenters. The van der Waals surface area contributed by atoms with E-state index >= 15 is 0 Å². The Morgan fingerprint density at radius 1 is 1.15 bits per heavy atom. The molecule has 0 saturated carbocycles. The van der Waals surface area contributed by atoms with Gasteiger partial charge in [0, 0.05) is 12.1 Å². The zero-order chi connectivity index (χ0) is 13.9. The van der Waals surface area contributed by atoms with Gasteiger partial charge >= 0.3 is 0 Å². The van der Waals surface area contributed by atoms with Crippen molar-refractivity contribution in [2.45, 2.75) is 19.3 Å². The monoisotopic (exact) mass is 267 g/mol. The molecule has 0 aliphatic heterocycles. The fourth-order valence-electron chi connectivity index (χ4n) is 2.37. The van der Waals surface area contributed by atoms with Crippen molar-refractivity contribution in [3.05, 3.63) is 48.4 Å². The number of aromatic nitrogens is 2. The highest BCUT2D eigenvalue weighted by atomic mass is 16.5. The summed E-state index contributed by atoms with van der Waals surface area (Å²) in [5.74, 6) is 1.38. The third kappa shape index (κ3) is 2.18. The van der Waals surface area contributed by atoms with Crippen LogP contribution in [0.15, 0.2) is 47.0 Å². The van der Waals surface area contributed by atoms with Crippen molar-refractivity contribution in [1.29, 1.82) is 0 Å². The Hall–Kier alpha value is -2.20. The molecular formula is C16H17N3O. The van der Waals surface area contributed by atoms with Gasteiger partial charge in [-0.05, 0) is 17.2 Å². The summed E-state index contributed by atoms with van der Waals surface area (Å²) in [5, 5.41) is 6.41. The molecule has 0 bridgehead atoms. The van der Waals surface area contributed by atoms with Crippen LogP contribution in [-0.2, 0) is 0 Å². The number of rotatable bonds is 4. The van der Waals surface area contributed by atoms with Crippen molar-refractivity contribution in [2.75, 3.05) is 6.54 Å². The lowest BCUT2D eigenvalue weighted by Crippen LogP contribution is -2.11. The summed E-state index contributed by atoms with van der Waals surface area (Å²) in [6.07, 6.45) is 0.896. The smallest absolute Gasteiger partial charge is 0.231 e. The summed E-state index contributed by atoms with van der Waals surface area (Å²) in [5.41, 5.74) is 6.72. The van der Waals surface area contributed by atoms with Gasteiger partial charge in [0.1, 0.15) is 0 Å². The van der Waals surface area contributed by atoms with E-state index in [1.54, 1.807) is 0 Å². The maximum absolute atomic E-state index is 5.73. The summed E-state index contributed by atoms with van der Waals surface area (Å²) in [6.45, 7) is 2.59. The van der Waals surface area contributed by atoms with Crippen LogP contribution in [0, 0.1) is 0 Å². The highest BCUT2D eigenvalue weighted by molar-refractivity contribution is 5.94. The van der Waals surface area contributed by atoms with Gasteiger partial charge in [-0.3, -0.25) is 0 Å². The number of nitrogens with two attached hydrogens (primary N) is 1. The summed E-state index contributed by atoms with van der Waals surface area (Å²) in [7, 11) is 0. The van der Waals surface area contributed by atoms with Crippen LogP contribution in [0.5, 0.6) is 0 Å². The molecule has 4 nitrogen and oxygen atoms in total. The second-order valence-electron chi connectivity index (χ2n) is 4.82. The minimum absolute atomic E-state index is 0.131. The highest BCUT2D eigenvalue weighted by Crippen LogP contribution is 2.27. The molecule has 2 aromatic carbocycles.